The number of allylic oxidation sites excluding steroid dienone is 10. The third kappa shape index (κ3) is 10.7. The molecule has 0 bridgehead atoms. The van der Waals surface area contributed by atoms with Gasteiger partial charge in [-0.25, -0.2) is 14.0 Å². The van der Waals surface area contributed by atoms with Crippen molar-refractivity contribution >= 4 is 23.5 Å². The van der Waals surface area contributed by atoms with Gasteiger partial charge >= 0.3 is 17.9 Å². The first-order valence-corrected chi connectivity index (χ1v) is 13.5. The highest BCUT2D eigenvalue weighted by Gasteiger charge is 2.19. The summed E-state index contributed by atoms with van der Waals surface area (Å²) in [4.78, 5) is 35.1. The SMILES string of the molecule is C=COC(=O)CCOC(/C=C\C(=C)C#CC1=CC=C(c2ccc(OC(=O)C3=CC=C(OC(=O)C(=C)F)CC3)cc2)CC1)=C\F. The fraction of sp³-hybridized carbons (Fsp3) is 0.171. The predicted molar refractivity (Wildman–Crippen MR) is 161 cm³/mol. The van der Waals surface area contributed by atoms with Crippen molar-refractivity contribution in [1.82, 2.24) is 0 Å². The fourth-order valence-electron chi connectivity index (χ4n) is 3.84. The van der Waals surface area contributed by atoms with Gasteiger partial charge in [0, 0.05) is 23.1 Å². The van der Waals surface area contributed by atoms with Crippen LogP contribution in [0.25, 0.3) is 5.57 Å². The number of esters is 3. The monoisotopic (exact) mass is 600 g/mol. The lowest BCUT2D eigenvalue weighted by Gasteiger charge is -2.14. The van der Waals surface area contributed by atoms with Crippen LogP contribution in [0.3, 0.4) is 0 Å². The Morgan fingerprint density at radius 3 is 2.32 bits per heavy atom. The average molecular weight is 601 g/mol. The largest absolute Gasteiger partial charge is 0.491 e. The van der Waals surface area contributed by atoms with Crippen molar-refractivity contribution in [3.63, 3.8) is 0 Å². The van der Waals surface area contributed by atoms with Crippen molar-refractivity contribution in [3.05, 3.63) is 133 Å². The molecule has 0 aromatic heterocycles. The topological polar surface area (TPSA) is 88.1 Å². The molecule has 0 atom stereocenters. The van der Waals surface area contributed by atoms with Crippen molar-refractivity contribution in [2.24, 2.45) is 0 Å². The van der Waals surface area contributed by atoms with Gasteiger partial charge in [0.15, 0.2) is 0 Å². The van der Waals surface area contributed by atoms with Crippen LogP contribution in [0.1, 0.15) is 37.7 Å². The lowest BCUT2D eigenvalue weighted by atomic mass is 9.93. The Bertz CT molecular complexity index is 1570. The summed E-state index contributed by atoms with van der Waals surface area (Å²) in [5.41, 5.74) is 3.83. The Hall–Kier alpha value is -5.49. The van der Waals surface area contributed by atoms with E-state index in [2.05, 4.69) is 36.3 Å². The van der Waals surface area contributed by atoms with E-state index in [-0.39, 0.29) is 43.7 Å². The van der Waals surface area contributed by atoms with Gasteiger partial charge in [0.25, 0.3) is 0 Å². The van der Waals surface area contributed by atoms with E-state index in [1.807, 2.05) is 24.3 Å². The van der Waals surface area contributed by atoms with Crippen molar-refractivity contribution in [2.45, 2.75) is 32.1 Å². The van der Waals surface area contributed by atoms with Crippen LogP contribution in [-0.2, 0) is 28.6 Å². The highest BCUT2D eigenvalue weighted by molar-refractivity contribution is 5.91. The molecule has 0 saturated carbocycles. The quantitative estimate of drug-likeness (QED) is 0.0619. The maximum Gasteiger partial charge on any atom is 0.371 e. The molecule has 2 aliphatic carbocycles. The van der Waals surface area contributed by atoms with E-state index in [0.29, 0.717) is 23.3 Å². The van der Waals surface area contributed by atoms with Crippen LogP contribution >= 0.6 is 0 Å². The molecule has 0 spiro atoms. The molecule has 44 heavy (non-hydrogen) atoms. The van der Waals surface area contributed by atoms with E-state index in [4.69, 9.17) is 14.2 Å². The van der Waals surface area contributed by atoms with Gasteiger partial charge in [0.2, 0.25) is 5.83 Å². The van der Waals surface area contributed by atoms with E-state index in [1.165, 1.54) is 24.3 Å². The molecule has 226 valence electrons. The molecule has 3 rings (SSSR count). The van der Waals surface area contributed by atoms with Crippen LogP contribution in [0.2, 0.25) is 0 Å². The lowest BCUT2D eigenvalue weighted by molar-refractivity contribution is -0.139. The van der Waals surface area contributed by atoms with Gasteiger partial charge in [-0.1, -0.05) is 55.9 Å². The molecule has 7 nitrogen and oxygen atoms in total. The Labute approximate surface area is 254 Å². The molecule has 0 fully saturated rings. The number of hydrogen-bond donors (Lipinski definition) is 0. The number of rotatable bonds is 12. The van der Waals surface area contributed by atoms with Gasteiger partial charge in [0.05, 0.1) is 19.3 Å². The highest BCUT2D eigenvalue weighted by Crippen LogP contribution is 2.28. The summed E-state index contributed by atoms with van der Waals surface area (Å²) in [6.45, 7) is 9.97. The summed E-state index contributed by atoms with van der Waals surface area (Å²) < 4.78 is 45.9. The Balaban J connectivity index is 1.51. The number of ether oxygens (including phenoxy) is 4. The second-order valence-electron chi connectivity index (χ2n) is 9.29. The van der Waals surface area contributed by atoms with Gasteiger partial charge in [-0.3, -0.25) is 4.79 Å². The van der Waals surface area contributed by atoms with Gasteiger partial charge in [0.1, 0.15) is 23.6 Å². The number of benzene rings is 1. The van der Waals surface area contributed by atoms with Crippen LogP contribution in [0.4, 0.5) is 8.78 Å². The third-order valence-electron chi connectivity index (χ3n) is 6.13. The normalized spacial score (nSPS) is 14.5. The number of carbonyl (C=O) groups excluding carboxylic acids is 3. The summed E-state index contributed by atoms with van der Waals surface area (Å²) in [6, 6.07) is 7.14. The molecule has 2 aliphatic rings. The van der Waals surface area contributed by atoms with E-state index in [1.54, 1.807) is 12.1 Å². The summed E-state index contributed by atoms with van der Waals surface area (Å²) in [5, 5.41) is 0. The highest BCUT2D eigenvalue weighted by atomic mass is 19.1. The minimum atomic E-state index is -1.19. The van der Waals surface area contributed by atoms with E-state index in [9.17, 15) is 23.2 Å². The van der Waals surface area contributed by atoms with Gasteiger partial charge in [-0.15, -0.1) is 0 Å². The molecule has 1 aromatic carbocycles. The minimum absolute atomic E-state index is 0.0546. The second kappa shape index (κ2) is 16.8. The van der Waals surface area contributed by atoms with Crippen LogP contribution in [-0.4, -0.2) is 24.5 Å². The molecule has 0 amide bonds. The average Bonchev–Trinajstić information content (AvgIpc) is 3.02. The molecule has 0 saturated heterocycles. The van der Waals surface area contributed by atoms with Crippen molar-refractivity contribution in [3.8, 4) is 17.6 Å². The first-order valence-electron chi connectivity index (χ1n) is 13.5. The molecule has 1 aromatic rings. The van der Waals surface area contributed by atoms with Gasteiger partial charge in [-0.2, -0.15) is 4.39 Å². The lowest BCUT2D eigenvalue weighted by Crippen LogP contribution is -2.14. The zero-order valence-electron chi connectivity index (χ0n) is 23.9. The fourth-order valence-corrected chi connectivity index (χ4v) is 3.84. The molecule has 0 heterocycles. The third-order valence-corrected chi connectivity index (χ3v) is 6.13. The Morgan fingerprint density at radius 2 is 1.70 bits per heavy atom. The molecule has 0 aliphatic heterocycles. The van der Waals surface area contributed by atoms with Gasteiger partial charge in [-0.05, 0) is 66.8 Å². The first-order chi connectivity index (χ1) is 21.2. The van der Waals surface area contributed by atoms with Crippen molar-refractivity contribution in [2.75, 3.05) is 6.61 Å². The number of carbonyl (C=O) groups is 3. The molecule has 9 heteroatoms. The predicted octanol–water partition coefficient (Wildman–Crippen LogP) is 7.35. The first kappa shape index (κ1) is 33.0. The molecule has 0 N–H and O–H groups in total. The van der Waals surface area contributed by atoms with Crippen molar-refractivity contribution < 1.29 is 42.1 Å². The van der Waals surface area contributed by atoms with E-state index < -0.39 is 23.7 Å². The second-order valence-corrected chi connectivity index (χ2v) is 9.29. The summed E-state index contributed by atoms with van der Waals surface area (Å²) in [6.07, 6.45) is 12.9. The molecular weight excluding hydrogens is 570 g/mol. The Morgan fingerprint density at radius 1 is 0.932 bits per heavy atom. The standard InChI is InChI=1S/C35H30F2O7/c1-4-41-33(38)21-22-42-32(23-36)16-6-24(2)5-7-26-8-10-27(11-9-26)28-12-17-31(18-13-28)44-35(40)29-14-19-30(20-15-29)43-34(39)25(3)37/h4,6,8,10,12-14,16-19,23H,1-3,9,11,15,20-22H2/b16-6-,32-23-. The summed E-state index contributed by atoms with van der Waals surface area (Å²) in [7, 11) is 0. The molecule has 0 unspecified atom stereocenters. The van der Waals surface area contributed by atoms with Crippen LogP contribution in [0.15, 0.2) is 127 Å². The maximum atomic E-state index is 13.0. The number of halogens is 2. The van der Waals surface area contributed by atoms with Crippen LogP contribution in [0.5, 0.6) is 5.75 Å². The smallest absolute Gasteiger partial charge is 0.371 e. The summed E-state index contributed by atoms with van der Waals surface area (Å²) >= 11 is 0. The molecule has 0 radical (unpaired) electrons. The van der Waals surface area contributed by atoms with E-state index in [0.717, 1.165) is 29.4 Å². The van der Waals surface area contributed by atoms with Gasteiger partial charge < -0.3 is 18.9 Å². The van der Waals surface area contributed by atoms with Crippen molar-refractivity contribution in [1.29, 1.82) is 0 Å². The maximum absolute atomic E-state index is 13.0. The Kier molecular flexibility index (Phi) is 12.6. The van der Waals surface area contributed by atoms with Crippen LogP contribution in [0, 0.1) is 11.8 Å². The molecular formula is C35H30F2O7. The van der Waals surface area contributed by atoms with Crippen LogP contribution < -0.4 is 4.74 Å². The van der Waals surface area contributed by atoms with E-state index >= 15 is 0 Å². The summed E-state index contributed by atoms with van der Waals surface area (Å²) in [5.74, 6) is 3.14. The minimum Gasteiger partial charge on any atom is -0.491 e. The zero-order chi connectivity index (χ0) is 31.9. The zero-order valence-corrected chi connectivity index (χ0v) is 23.9. The number of hydrogen-bond acceptors (Lipinski definition) is 7.